The van der Waals surface area contributed by atoms with Gasteiger partial charge in [0, 0.05) is 54.2 Å². The van der Waals surface area contributed by atoms with E-state index in [0.717, 1.165) is 11.1 Å². The number of aromatic nitrogens is 2. The van der Waals surface area contributed by atoms with Crippen LogP contribution in [-0.4, -0.2) is 118 Å². The Hall–Kier alpha value is -4.57. The molecule has 3 aliphatic heterocycles. The van der Waals surface area contributed by atoms with Gasteiger partial charge in [-0.25, -0.2) is 14.8 Å². The lowest BCUT2D eigenvalue weighted by Gasteiger charge is -2.47. The number of nitrogens with zero attached hydrogens (tertiary/aromatic N) is 3. The molecule has 60 heavy (non-hydrogen) atoms. The van der Waals surface area contributed by atoms with Crippen molar-refractivity contribution >= 4 is 35.7 Å². The lowest BCUT2D eigenvalue weighted by Crippen LogP contribution is -2.60. The van der Waals surface area contributed by atoms with Gasteiger partial charge in [0.15, 0.2) is 17.9 Å². The highest BCUT2D eigenvalue weighted by Gasteiger charge is 2.57. The van der Waals surface area contributed by atoms with Crippen LogP contribution in [0, 0.1) is 29.6 Å². The standard InChI is InChI=1S/C45H62N4O11/c1-11-34-45(8)32(23-35(50)59-45)27(4)36(51)25(2)24-44(7,60-43(55)48-19-12-14-30-15-17-31(18-16-30)40-46-20-13-21-47-40)39(28(5)37(52)29(6)41(54)57-34)58-42-38(53)33(49(9)10)22-26(3)56-42/h12-18,20-21,25-29,32-34,38-39,42,53H,11,19,22-24H2,1-10H3,(H,48,55)/b14-12+/t25-,26-,27-,28+,29-,32-,33+,34-,38-,39-,42+,44-,45+/m1/s1. The largest absolute Gasteiger partial charge is 0.458 e. The van der Waals surface area contributed by atoms with E-state index in [0.29, 0.717) is 12.2 Å². The van der Waals surface area contributed by atoms with E-state index in [4.69, 9.17) is 23.7 Å². The van der Waals surface area contributed by atoms with E-state index in [2.05, 4.69) is 15.3 Å². The van der Waals surface area contributed by atoms with Crippen LogP contribution in [0.15, 0.2) is 48.8 Å². The van der Waals surface area contributed by atoms with Gasteiger partial charge in [-0.15, -0.1) is 0 Å². The number of benzene rings is 1. The predicted molar refractivity (Wildman–Crippen MR) is 221 cm³/mol. The van der Waals surface area contributed by atoms with Gasteiger partial charge in [-0.05, 0) is 72.7 Å². The molecule has 3 aliphatic rings. The van der Waals surface area contributed by atoms with Gasteiger partial charge in [-0.1, -0.05) is 64.1 Å². The summed E-state index contributed by atoms with van der Waals surface area (Å²) >= 11 is 0. The fourth-order valence-corrected chi connectivity index (χ4v) is 9.17. The monoisotopic (exact) mass is 834 g/mol. The molecule has 0 unspecified atom stereocenters. The number of aliphatic hydroxyl groups excluding tert-OH is 1. The Bertz CT molecular complexity index is 1880. The molecule has 5 rings (SSSR count). The number of esters is 2. The number of carbonyl (C=O) groups is 5. The number of nitrogens with one attached hydrogen (secondary N) is 1. The maximum atomic E-state index is 14.5. The molecule has 1 aromatic carbocycles. The second-order valence-electron chi connectivity index (χ2n) is 17.3. The van der Waals surface area contributed by atoms with Crippen LogP contribution in [0.25, 0.3) is 17.5 Å². The number of fused-ring (bicyclic) bond motifs is 1. The predicted octanol–water partition coefficient (Wildman–Crippen LogP) is 5.18. The molecule has 13 atom stereocenters. The van der Waals surface area contributed by atoms with Gasteiger partial charge in [0.25, 0.3) is 0 Å². The first kappa shape index (κ1) is 46.5. The third-order valence-corrected chi connectivity index (χ3v) is 12.6. The van der Waals surface area contributed by atoms with Crippen molar-refractivity contribution in [1.29, 1.82) is 0 Å². The van der Waals surface area contributed by atoms with E-state index in [1.54, 1.807) is 66.1 Å². The zero-order valence-electron chi connectivity index (χ0n) is 36.5. The number of carbonyl (C=O) groups excluding carboxylic acids is 5. The molecule has 0 radical (unpaired) electrons. The minimum atomic E-state index is -1.73. The quantitative estimate of drug-likeness (QED) is 0.191. The Morgan fingerprint density at radius 2 is 1.67 bits per heavy atom. The molecule has 1 aromatic heterocycles. The second-order valence-corrected chi connectivity index (χ2v) is 17.3. The van der Waals surface area contributed by atoms with Crippen LogP contribution in [0.5, 0.6) is 0 Å². The van der Waals surface area contributed by atoms with Crippen molar-refractivity contribution in [3.63, 3.8) is 0 Å². The van der Waals surface area contributed by atoms with Gasteiger partial charge in [-0.2, -0.15) is 0 Å². The zero-order valence-corrected chi connectivity index (χ0v) is 36.5. The number of cyclic esters (lactones) is 1. The molecular weight excluding hydrogens is 773 g/mol. The Balaban J connectivity index is 1.48. The zero-order chi connectivity index (χ0) is 44.1. The molecule has 15 heteroatoms. The average molecular weight is 835 g/mol. The molecule has 0 bridgehead atoms. The van der Waals surface area contributed by atoms with Crippen LogP contribution in [0.2, 0.25) is 0 Å². The fourth-order valence-electron chi connectivity index (χ4n) is 9.17. The van der Waals surface area contributed by atoms with Crippen molar-refractivity contribution < 1.29 is 52.8 Å². The first-order valence-corrected chi connectivity index (χ1v) is 21.0. The molecule has 0 saturated carbocycles. The summed E-state index contributed by atoms with van der Waals surface area (Å²) in [6.45, 7) is 13.4. The molecule has 3 fully saturated rings. The van der Waals surface area contributed by atoms with Crippen LogP contribution in [0.4, 0.5) is 4.79 Å². The SMILES string of the molecule is CC[C@H]1OC(=O)[C@H](C)C(=O)[C@H](C)[C@@H](O[C@@H]2O[C@H](C)C[C@H](N(C)C)[C@H]2O)[C@](C)(OC(=O)NC/C=C/c2ccc(-c3ncccn3)cc2)C[C@@H](C)C(=O)[C@H](C)[C@H]2CC(=O)O[C@@]21C. The number of likely N-dealkylation sites (N-methyl/N-ethyl adjacent to an activating group) is 1. The molecule has 4 heterocycles. The van der Waals surface area contributed by atoms with Gasteiger partial charge < -0.3 is 39.0 Å². The highest BCUT2D eigenvalue weighted by molar-refractivity contribution is 6.00. The number of aliphatic hydroxyl groups is 1. The maximum Gasteiger partial charge on any atom is 0.408 e. The second kappa shape index (κ2) is 19.4. The molecule has 1 amide bonds. The molecule has 3 saturated heterocycles. The van der Waals surface area contributed by atoms with Crippen LogP contribution in [0.1, 0.15) is 86.6 Å². The van der Waals surface area contributed by atoms with E-state index in [1.807, 2.05) is 56.3 Å². The molecular formula is C45H62N4O11. The molecule has 15 nitrogen and oxygen atoms in total. The van der Waals surface area contributed by atoms with E-state index in [1.165, 1.54) is 6.92 Å². The Labute approximate surface area is 352 Å². The third-order valence-electron chi connectivity index (χ3n) is 12.6. The highest BCUT2D eigenvalue weighted by Crippen LogP contribution is 2.45. The minimum Gasteiger partial charge on any atom is -0.458 e. The summed E-state index contributed by atoms with van der Waals surface area (Å²) < 4.78 is 30.9. The number of Topliss-reactive ketones (excluding diaryl/α,β-unsaturated/α-hetero) is 2. The van der Waals surface area contributed by atoms with E-state index >= 15 is 0 Å². The van der Waals surface area contributed by atoms with E-state index in [-0.39, 0.29) is 43.7 Å². The van der Waals surface area contributed by atoms with Crippen molar-refractivity contribution in [1.82, 2.24) is 20.2 Å². The minimum absolute atomic E-state index is 0.0617. The van der Waals surface area contributed by atoms with Gasteiger partial charge in [-0.3, -0.25) is 19.2 Å². The average Bonchev–Trinajstić information content (AvgIpc) is 3.53. The van der Waals surface area contributed by atoms with Crippen molar-refractivity contribution in [3.05, 3.63) is 54.4 Å². The van der Waals surface area contributed by atoms with Crippen molar-refractivity contribution in [2.75, 3.05) is 20.6 Å². The molecule has 0 spiro atoms. The molecule has 328 valence electrons. The Morgan fingerprint density at radius 3 is 2.30 bits per heavy atom. The first-order valence-electron chi connectivity index (χ1n) is 21.0. The third kappa shape index (κ3) is 10.3. The highest BCUT2D eigenvalue weighted by atomic mass is 16.7. The first-order chi connectivity index (χ1) is 28.3. The van der Waals surface area contributed by atoms with E-state index in [9.17, 15) is 29.1 Å². The van der Waals surface area contributed by atoms with Crippen molar-refractivity contribution in [3.8, 4) is 11.4 Å². The smallest absolute Gasteiger partial charge is 0.408 e. The van der Waals surface area contributed by atoms with Crippen LogP contribution in [-0.2, 0) is 42.9 Å². The number of alkyl carbamates (subject to hydrolysis) is 1. The number of ether oxygens (including phenoxy) is 5. The number of amides is 1. The maximum absolute atomic E-state index is 14.5. The summed E-state index contributed by atoms with van der Waals surface area (Å²) in [4.78, 5) is 79.9. The summed E-state index contributed by atoms with van der Waals surface area (Å²) in [5, 5.41) is 14.3. The summed E-state index contributed by atoms with van der Waals surface area (Å²) in [6, 6.07) is 8.96. The van der Waals surface area contributed by atoms with Gasteiger partial charge in [0.05, 0.1) is 12.5 Å². The number of ketones is 2. The summed E-state index contributed by atoms with van der Waals surface area (Å²) in [7, 11) is 3.66. The Kier molecular flexibility index (Phi) is 15.1. The molecule has 2 N–H and O–H groups in total. The topological polar surface area (TPSA) is 193 Å². The number of rotatable bonds is 9. The number of hydrogen-bond acceptors (Lipinski definition) is 14. The summed E-state index contributed by atoms with van der Waals surface area (Å²) in [5.74, 6) is -6.26. The molecule has 2 aromatic rings. The number of hydrogen-bond donors (Lipinski definition) is 2. The van der Waals surface area contributed by atoms with Gasteiger partial charge >= 0.3 is 18.0 Å². The van der Waals surface area contributed by atoms with Crippen molar-refractivity contribution in [2.45, 2.75) is 129 Å². The van der Waals surface area contributed by atoms with Crippen LogP contribution < -0.4 is 5.32 Å². The van der Waals surface area contributed by atoms with Crippen molar-refractivity contribution in [2.24, 2.45) is 29.6 Å². The molecule has 0 aliphatic carbocycles. The van der Waals surface area contributed by atoms with Gasteiger partial charge in [0.1, 0.15) is 41.2 Å². The summed E-state index contributed by atoms with van der Waals surface area (Å²) in [6.07, 6.45) is 1.57. The van der Waals surface area contributed by atoms with Gasteiger partial charge in [0.2, 0.25) is 0 Å². The Morgan fingerprint density at radius 1 is 1.00 bits per heavy atom. The van der Waals surface area contributed by atoms with Crippen LogP contribution >= 0.6 is 0 Å². The van der Waals surface area contributed by atoms with E-state index < -0.39 is 89.2 Å². The summed E-state index contributed by atoms with van der Waals surface area (Å²) in [5.41, 5.74) is -1.34. The lowest BCUT2D eigenvalue weighted by atomic mass is 9.70. The fraction of sp³-hybridized carbons (Fsp3) is 0.622. The van der Waals surface area contributed by atoms with Crippen LogP contribution in [0.3, 0.4) is 0 Å². The normalized spacial score (nSPS) is 35.7. The lowest BCUT2D eigenvalue weighted by molar-refractivity contribution is -0.292.